The van der Waals surface area contributed by atoms with Crippen LogP contribution in [0.15, 0.2) is 24.3 Å². The second-order valence-corrected chi connectivity index (χ2v) is 7.53. The van der Waals surface area contributed by atoms with Crippen LogP contribution in [0.1, 0.15) is 62.6 Å². The van der Waals surface area contributed by atoms with E-state index in [2.05, 4.69) is 43.0 Å². The SMILES string of the molecule is CC(C)c1ccc(C(N)CN(CC2CC2)CC2CC2)cc1. The van der Waals surface area contributed by atoms with Gasteiger partial charge in [0.05, 0.1) is 0 Å². The summed E-state index contributed by atoms with van der Waals surface area (Å²) in [5.74, 6) is 2.51. The quantitative estimate of drug-likeness (QED) is 0.784. The first-order chi connectivity index (χ1) is 10.1. The van der Waals surface area contributed by atoms with Crippen LogP contribution in [0.25, 0.3) is 0 Å². The molecule has 2 aliphatic rings. The molecule has 2 heteroatoms. The molecule has 1 aromatic rings. The van der Waals surface area contributed by atoms with Crippen LogP contribution in [0.5, 0.6) is 0 Å². The van der Waals surface area contributed by atoms with E-state index in [1.54, 1.807) is 0 Å². The summed E-state index contributed by atoms with van der Waals surface area (Å²) in [4.78, 5) is 2.64. The van der Waals surface area contributed by atoms with Gasteiger partial charge in [-0.05, 0) is 54.6 Å². The second-order valence-electron chi connectivity index (χ2n) is 7.53. The lowest BCUT2D eigenvalue weighted by atomic mass is 9.99. The average molecular weight is 286 g/mol. The van der Waals surface area contributed by atoms with E-state index in [9.17, 15) is 0 Å². The zero-order valence-corrected chi connectivity index (χ0v) is 13.6. The molecule has 0 bridgehead atoms. The molecule has 0 aromatic heterocycles. The standard InChI is InChI=1S/C19H30N2/c1-14(2)17-7-9-18(10-8-17)19(20)13-21(11-15-3-4-15)12-16-5-6-16/h7-10,14-16,19H,3-6,11-13,20H2,1-2H3. The maximum absolute atomic E-state index is 6.47. The van der Waals surface area contributed by atoms with E-state index in [4.69, 9.17) is 5.73 Å². The van der Waals surface area contributed by atoms with E-state index < -0.39 is 0 Å². The molecule has 2 aliphatic carbocycles. The topological polar surface area (TPSA) is 29.3 Å². The summed E-state index contributed by atoms with van der Waals surface area (Å²) >= 11 is 0. The minimum Gasteiger partial charge on any atom is -0.323 e. The van der Waals surface area contributed by atoms with Crippen molar-refractivity contribution in [2.75, 3.05) is 19.6 Å². The number of benzene rings is 1. The zero-order chi connectivity index (χ0) is 14.8. The first kappa shape index (κ1) is 15.1. The molecule has 2 nitrogen and oxygen atoms in total. The Morgan fingerprint density at radius 1 is 0.952 bits per heavy atom. The predicted octanol–water partition coefficient (Wildman–Crippen LogP) is 3.93. The van der Waals surface area contributed by atoms with Gasteiger partial charge in [0.25, 0.3) is 0 Å². The zero-order valence-electron chi connectivity index (χ0n) is 13.6. The van der Waals surface area contributed by atoms with Crippen molar-refractivity contribution >= 4 is 0 Å². The molecule has 3 rings (SSSR count). The van der Waals surface area contributed by atoms with E-state index in [1.807, 2.05) is 0 Å². The molecule has 0 heterocycles. The van der Waals surface area contributed by atoms with Gasteiger partial charge in [-0.15, -0.1) is 0 Å². The molecule has 0 radical (unpaired) electrons. The molecule has 0 amide bonds. The largest absolute Gasteiger partial charge is 0.323 e. The van der Waals surface area contributed by atoms with Crippen LogP contribution in [0.4, 0.5) is 0 Å². The van der Waals surface area contributed by atoms with Crippen LogP contribution >= 0.6 is 0 Å². The number of nitrogens with zero attached hydrogens (tertiary/aromatic N) is 1. The highest BCUT2D eigenvalue weighted by Gasteiger charge is 2.29. The first-order valence-corrected chi connectivity index (χ1v) is 8.69. The molecule has 0 saturated heterocycles. The van der Waals surface area contributed by atoms with Gasteiger partial charge < -0.3 is 10.6 Å². The van der Waals surface area contributed by atoms with Gasteiger partial charge in [-0.3, -0.25) is 0 Å². The van der Waals surface area contributed by atoms with Crippen molar-refractivity contribution in [3.63, 3.8) is 0 Å². The van der Waals surface area contributed by atoms with Gasteiger partial charge in [-0.25, -0.2) is 0 Å². The van der Waals surface area contributed by atoms with Gasteiger partial charge in [0.15, 0.2) is 0 Å². The van der Waals surface area contributed by atoms with Gasteiger partial charge in [0.2, 0.25) is 0 Å². The Hall–Kier alpha value is -0.860. The highest BCUT2D eigenvalue weighted by molar-refractivity contribution is 5.26. The number of nitrogens with two attached hydrogens (primary N) is 1. The third kappa shape index (κ3) is 4.55. The molecule has 1 atom stereocenters. The molecule has 0 aliphatic heterocycles. The summed E-state index contributed by atoms with van der Waals surface area (Å²) in [7, 11) is 0. The molecule has 2 fully saturated rings. The Labute approximate surface area is 129 Å². The summed E-state index contributed by atoms with van der Waals surface area (Å²) in [6.07, 6.45) is 5.72. The predicted molar refractivity (Wildman–Crippen MR) is 89.3 cm³/mol. The average Bonchev–Trinajstić information content (AvgIpc) is 3.35. The Morgan fingerprint density at radius 2 is 1.43 bits per heavy atom. The highest BCUT2D eigenvalue weighted by Crippen LogP contribution is 2.34. The molecule has 21 heavy (non-hydrogen) atoms. The van der Waals surface area contributed by atoms with Crippen LogP contribution in [0.3, 0.4) is 0 Å². The molecule has 1 unspecified atom stereocenters. The third-order valence-corrected chi connectivity index (χ3v) is 4.91. The molecular formula is C19H30N2. The summed E-state index contributed by atoms with van der Waals surface area (Å²) < 4.78 is 0. The van der Waals surface area contributed by atoms with Gasteiger partial charge >= 0.3 is 0 Å². The second kappa shape index (κ2) is 6.50. The Morgan fingerprint density at radius 3 is 1.86 bits per heavy atom. The lowest BCUT2D eigenvalue weighted by molar-refractivity contribution is 0.238. The van der Waals surface area contributed by atoms with Crippen LogP contribution in [-0.2, 0) is 0 Å². The summed E-state index contributed by atoms with van der Waals surface area (Å²) in [5.41, 5.74) is 9.16. The molecule has 116 valence electrons. The fourth-order valence-corrected chi connectivity index (χ4v) is 3.07. The van der Waals surface area contributed by atoms with E-state index in [-0.39, 0.29) is 6.04 Å². The van der Waals surface area contributed by atoms with Crippen molar-refractivity contribution in [2.45, 2.75) is 51.5 Å². The van der Waals surface area contributed by atoms with Crippen LogP contribution in [0.2, 0.25) is 0 Å². The number of hydrogen-bond donors (Lipinski definition) is 1. The van der Waals surface area contributed by atoms with Crippen molar-refractivity contribution < 1.29 is 0 Å². The minimum absolute atomic E-state index is 0.156. The minimum atomic E-state index is 0.156. The van der Waals surface area contributed by atoms with Crippen molar-refractivity contribution in [1.29, 1.82) is 0 Å². The maximum Gasteiger partial charge on any atom is 0.0424 e. The number of hydrogen-bond acceptors (Lipinski definition) is 2. The molecule has 1 aromatic carbocycles. The van der Waals surface area contributed by atoms with Crippen molar-refractivity contribution in [2.24, 2.45) is 17.6 Å². The number of rotatable bonds is 8. The van der Waals surface area contributed by atoms with E-state index in [0.717, 1.165) is 18.4 Å². The smallest absolute Gasteiger partial charge is 0.0424 e. The normalized spacial score (nSPS) is 20.2. The molecule has 2 saturated carbocycles. The maximum atomic E-state index is 6.47. The van der Waals surface area contributed by atoms with Gasteiger partial charge in [0.1, 0.15) is 0 Å². The highest BCUT2D eigenvalue weighted by atomic mass is 15.1. The van der Waals surface area contributed by atoms with Gasteiger partial charge in [-0.1, -0.05) is 38.1 Å². The first-order valence-electron chi connectivity index (χ1n) is 8.69. The molecular weight excluding hydrogens is 256 g/mol. The van der Waals surface area contributed by atoms with Crippen LogP contribution in [0, 0.1) is 11.8 Å². The summed E-state index contributed by atoms with van der Waals surface area (Å²) in [6, 6.07) is 9.10. The Bertz CT molecular complexity index is 429. The Balaban J connectivity index is 1.57. The van der Waals surface area contributed by atoms with E-state index in [1.165, 1.54) is 49.9 Å². The molecule has 0 spiro atoms. The summed E-state index contributed by atoms with van der Waals surface area (Å²) in [6.45, 7) is 8.04. The van der Waals surface area contributed by atoms with Gasteiger partial charge in [0, 0.05) is 25.7 Å². The fourth-order valence-electron chi connectivity index (χ4n) is 3.07. The molecule has 2 N–H and O–H groups in total. The van der Waals surface area contributed by atoms with Crippen molar-refractivity contribution in [3.05, 3.63) is 35.4 Å². The Kier molecular flexibility index (Phi) is 4.66. The van der Waals surface area contributed by atoms with E-state index >= 15 is 0 Å². The van der Waals surface area contributed by atoms with Crippen molar-refractivity contribution in [1.82, 2.24) is 4.90 Å². The fraction of sp³-hybridized carbons (Fsp3) is 0.684. The monoisotopic (exact) mass is 286 g/mol. The van der Waals surface area contributed by atoms with Crippen molar-refractivity contribution in [3.8, 4) is 0 Å². The van der Waals surface area contributed by atoms with E-state index in [0.29, 0.717) is 5.92 Å². The lowest BCUT2D eigenvalue weighted by Gasteiger charge is -2.26. The summed E-state index contributed by atoms with van der Waals surface area (Å²) in [5, 5.41) is 0. The van der Waals surface area contributed by atoms with Gasteiger partial charge in [-0.2, -0.15) is 0 Å². The lowest BCUT2D eigenvalue weighted by Crippen LogP contribution is -2.35. The van der Waals surface area contributed by atoms with Crippen LogP contribution in [-0.4, -0.2) is 24.5 Å². The third-order valence-electron chi connectivity index (χ3n) is 4.91. The van der Waals surface area contributed by atoms with Crippen LogP contribution < -0.4 is 5.73 Å².